The molecule has 1 aromatic carbocycles. The fraction of sp³-hybridized carbons (Fsp3) is 0.385. The molecule has 0 heterocycles. The molecule has 0 spiro atoms. The van der Waals surface area contributed by atoms with E-state index in [2.05, 4.69) is 26.6 Å². The summed E-state index contributed by atoms with van der Waals surface area (Å²) < 4.78 is 0.668. The molecule has 0 fully saturated rings. The number of hydrogen-bond acceptors (Lipinski definition) is 2. The van der Waals surface area contributed by atoms with E-state index >= 15 is 0 Å². The van der Waals surface area contributed by atoms with Gasteiger partial charge >= 0.3 is 12.0 Å². The van der Waals surface area contributed by atoms with Gasteiger partial charge in [0.2, 0.25) is 0 Å². The molecule has 0 radical (unpaired) electrons. The molecule has 2 amide bonds. The lowest BCUT2D eigenvalue weighted by atomic mass is 9.87. The summed E-state index contributed by atoms with van der Waals surface area (Å²) in [5.74, 6) is -1.12. The van der Waals surface area contributed by atoms with Gasteiger partial charge in [0.15, 0.2) is 0 Å². The number of carbonyl (C=O) groups excluding carboxylic acids is 1. The Hall–Kier alpha value is -0.980. The second-order valence-corrected chi connectivity index (χ2v) is 7.21. The van der Waals surface area contributed by atoms with Crippen molar-refractivity contribution in [2.24, 2.45) is 5.41 Å². The van der Waals surface area contributed by atoms with E-state index in [1.807, 2.05) is 0 Å². The highest BCUT2D eigenvalue weighted by Crippen LogP contribution is 2.33. The third kappa shape index (κ3) is 5.05. The number of rotatable bonds is 3. The van der Waals surface area contributed by atoms with Gasteiger partial charge in [0.05, 0.1) is 15.7 Å². The van der Waals surface area contributed by atoms with Gasteiger partial charge in [-0.1, -0.05) is 59.9 Å². The first-order valence-corrected chi connectivity index (χ1v) is 7.52. The first-order valence-electron chi connectivity index (χ1n) is 5.97. The van der Waals surface area contributed by atoms with Crippen LogP contribution in [0.1, 0.15) is 20.8 Å². The number of anilines is 1. The van der Waals surface area contributed by atoms with Crippen LogP contribution in [0.4, 0.5) is 10.5 Å². The van der Waals surface area contributed by atoms with Crippen LogP contribution in [-0.2, 0) is 4.79 Å². The number of nitrogens with one attached hydrogen (secondary N) is 2. The average molecular weight is 398 g/mol. The second kappa shape index (κ2) is 6.85. The van der Waals surface area contributed by atoms with Crippen molar-refractivity contribution in [3.8, 4) is 0 Å². The van der Waals surface area contributed by atoms with Crippen molar-refractivity contribution < 1.29 is 14.7 Å². The maximum absolute atomic E-state index is 11.9. The lowest BCUT2D eigenvalue weighted by molar-refractivity contribution is -0.141. The van der Waals surface area contributed by atoms with E-state index in [9.17, 15) is 9.59 Å². The molecule has 0 bridgehead atoms. The highest BCUT2D eigenvalue weighted by molar-refractivity contribution is 9.10. The molecule has 3 N–H and O–H groups in total. The maximum Gasteiger partial charge on any atom is 0.326 e. The lowest BCUT2D eigenvalue weighted by Gasteiger charge is -2.27. The predicted octanol–water partition coefficient (Wildman–Crippen LogP) is 4.38. The summed E-state index contributed by atoms with van der Waals surface area (Å²) in [4.78, 5) is 23.2. The Bertz CT molecular complexity index is 550. The Balaban J connectivity index is 2.90. The highest BCUT2D eigenvalue weighted by atomic mass is 79.9. The number of amides is 2. The van der Waals surface area contributed by atoms with Gasteiger partial charge in [-0.15, -0.1) is 0 Å². The number of carbonyl (C=O) groups is 2. The molecule has 8 heteroatoms. The summed E-state index contributed by atoms with van der Waals surface area (Å²) in [5, 5.41) is 14.5. The number of urea groups is 1. The molecule has 5 nitrogen and oxygen atoms in total. The SMILES string of the molecule is CC(C)(C)[C@@H](NC(=O)Nc1c(Cl)cc(Br)cc1Cl)C(=O)O. The van der Waals surface area contributed by atoms with E-state index in [0.717, 1.165) is 0 Å². The standard InChI is InChI=1S/C13H15BrCl2N2O3/c1-13(2,3)10(11(19)20)18-12(21)17-9-7(15)4-6(14)5-8(9)16/h4-5,10H,1-3H3,(H,19,20)(H2,17,18,21)/t10-/m0/s1. The van der Waals surface area contributed by atoms with Crippen LogP contribution in [0.5, 0.6) is 0 Å². The number of carboxylic acid groups (broad SMARTS) is 1. The largest absolute Gasteiger partial charge is 0.480 e. The summed E-state index contributed by atoms with van der Waals surface area (Å²) in [6, 6.07) is 1.40. The third-order valence-electron chi connectivity index (χ3n) is 2.63. The van der Waals surface area contributed by atoms with Crippen molar-refractivity contribution in [2.45, 2.75) is 26.8 Å². The molecule has 0 aromatic heterocycles. The van der Waals surface area contributed by atoms with Gasteiger partial charge < -0.3 is 15.7 Å². The van der Waals surface area contributed by atoms with Gasteiger partial charge in [0.25, 0.3) is 0 Å². The van der Waals surface area contributed by atoms with E-state index in [1.165, 1.54) is 0 Å². The van der Waals surface area contributed by atoms with E-state index in [-0.39, 0.29) is 15.7 Å². The van der Waals surface area contributed by atoms with Crippen LogP contribution in [-0.4, -0.2) is 23.1 Å². The summed E-state index contributed by atoms with van der Waals surface area (Å²) in [6.45, 7) is 5.14. The Kier molecular flexibility index (Phi) is 5.90. The van der Waals surface area contributed by atoms with Crippen molar-refractivity contribution >= 4 is 56.8 Å². The van der Waals surface area contributed by atoms with Gasteiger partial charge in [-0.05, 0) is 17.5 Å². The fourth-order valence-corrected chi connectivity index (χ4v) is 2.89. The minimum Gasteiger partial charge on any atom is -0.480 e. The topological polar surface area (TPSA) is 78.4 Å². The Labute approximate surface area is 141 Å². The molecule has 0 saturated carbocycles. The quantitative estimate of drug-likeness (QED) is 0.708. The van der Waals surface area contributed by atoms with Crippen LogP contribution >= 0.6 is 39.1 Å². The Morgan fingerprint density at radius 2 is 1.71 bits per heavy atom. The zero-order chi connectivity index (χ0) is 16.4. The molecule has 0 aliphatic rings. The second-order valence-electron chi connectivity index (χ2n) is 5.48. The molecule has 116 valence electrons. The van der Waals surface area contributed by atoms with Gasteiger partial charge in [-0.2, -0.15) is 0 Å². The molecule has 1 aromatic rings. The molecule has 0 aliphatic carbocycles. The smallest absolute Gasteiger partial charge is 0.326 e. The van der Waals surface area contributed by atoms with Crippen LogP contribution in [0.15, 0.2) is 16.6 Å². The molecular weight excluding hydrogens is 383 g/mol. The summed E-state index contributed by atoms with van der Waals surface area (Å²) in [6.07, 6.45) is 0. The van der Waals surface area contributed by atoms with E-state index < -0.39 is 23.5 Å². The van der Waals surface area contributed by atoms with Crippen LogP contribution in [0, 0.1) is 5.41 Å². The van der Waals surface area contributed by atoms with Crippen LogP contribution in [0.2, 0.25) is 10.0 Å². The lowest BCUT2D eigenvalue weighted by Crippen LogP contribution is -2.50. The summed E-state index contributed by atoms with van der Waals surface area (Å²) >= 11 is 15.2. The normalized spacial score (nSPS) is 12.7. The van der Waals surface area contributed by atoms with Crippen LogP contribution in [0.25, 0.3) is 0 Å². The minimum absolute atomic E-state index is 0.220. The molecule has 0 saturated heterocycles. The number of aliphatic carboxylic acids is 1. The zero-order valence-corrected chi connectivity index (χ0v) is 14.7. The van der Waals surface area contributed by atoms with Gasteiger partial charge in [0, 0.05) is 4.47 Å². The van der Waals surface area contributed by atoms with Crippen LogP contribution in [0.3, 0.4) is 0 Å². The molecule has 1 atom stereocenters. The number of hydrogen-bond donors (Lipinski definition) is 3. The van der Waals surface area contributed by atoms with Crippen LogP contribution < -0.4 is 10.6 Å². The number of benzene rings is 1. The first kappa shape index (κ1) is 18.1. The number of halogens is 3. The zero-order valence-electron chi connectivity index (χ0n) is 11.6. The molecule has 0 aliphatic heterocycles. The van der Waals surface area contributed by atoms with Gasteiger partial charge in [-0.3, -0.25) is 0 Å². The Morgan fingerprint density at radius 1 is 1.24 bits per heavy atom. The highest BCUT2D eigenvalue weighted by Gasteiger charge is 2.32. The van der Waals surface area contributed by atoms with E-state index in [0.29, 0.717) is 4.47 Å². The predicted molar refractivity (Wildman–Crippen MR) is 87.2 cm³/mol. The van der Waals surface area contributed by atoms with Crippen molar-refractivity contribution in [1.29, 1.82) is 0 Å². The van der Waals surface area contributed by atoms with Gasteiger partial charge in [0.1, 0.15) is 6.04 Å². The van der Waals surface area contributed by atoms with Gasteiger partial charge in [-0.25, -0.2) is 9.59 Å². The molecular formula is C13H15BrCl2N2O3. The van der Waals surface area contributed by atoms with Crippen molar-refractivity contribution in [2.75, 3.05) is 5.32 Å². The molecule has 21 heavy (non-hydrogen) atoms. The molecule has 0 unspecified atom stereocenters. The first-order chi connectivity index (χ1) is 9.52. The molecule has 1 rings (SSSR count). The van der Waals surface area contributed by atoms with Crippen molar-refractivity contribution in [3.05, 3.63) is 26.7 Å². The Morgan fingerprint density at radius 3 is 2.10 bits per heavy atom. The number of carboxylic acids is 1. The van der Waals surface area contributed by atoms with Crippen molar-refractivity contribution in [3.63, 3.8) is 0 Å². The van der Waals surface area contributed by atoms with E-state index in [4.69, 9.17) is 28.3 Å². The average Bonchev–Trinajstić information content (AvgIpc) is 2.28. The third-order valence-corrected chi connectivity index (χ3v) is 3.69. The van der Waals surface area contributed by atoms with Crippen molar-refractivity contribution in [1.82, 2.24) is 5.32 Å². The monoisotopic (exact) mass is 396 g/mol. The maximum atomic E-state index is 11.9. The summed E-state index contributed by atoms with van der Waals surface area (Å²) in [7, 11) is 0. The fourth-order valence-electron chi connectivity index (χ4n) is 1.59. The van der Waals surface area contributed by atoms with E-state index in [1.54, 1.807) is 32.9 Å². The minimum atomic E-state index is -1.12. The summed E-state index contributed by atoms with van der Waals surface area (Å²) in [5.41, 5.74) is -0.423.